The number of rotatable bonds is 13. The number of carbonyl (C=O) groups excluding carboxylic acids is 5. The lowest BCUT2D eigenvalue weighted by Gasteiger charge is -2.28. The average molecular weight is 514 g/mol. The van der Waals surface area contributed by atoms with Gasteiger partial charge in [-0.3, -0.25) is 24.0 Å². The third-order valence-corrected chi connectivity index (χ3v) is 5.35. The molecule has 0 saturated heterocycles. The van der Waals surface area contributed by atoms with Crippen molar-refractivity contribution in [3.8, 4) is 0 Å². The van der Waals surface area contributed by atoms with E-state index in [2.05, 4.69) is 10.6 Å². The first-order chi connectivity index (χ1) is 17.7. The van der Waals surface area contributed by atoms with Gasteiger partial charge in [-0.15, -0.1) is 0 Å². The Labute approximate surface area is 214 Å². The molecule has 0 saturated carbocycles. The highest BCUT2D eigenvalue weighted by atomic mass is 16.5. The van der Waals surface area contributed by atoms with Crippen molar-refractivity contribution in [2.75, 3.05) is 13.2 Å². The second kappa shape index (κ2) is 14.3. The maximum atomic E-state index is 13.1. The highest BCUT2D eigenvalue weighted by Gasteiger charge is 2.39. The Balaban J connectivity index is 2.32. The topological polar surface area (TPSA) is 174 Å². The zero-order valence-corrected chi connectivity index (χ0v) is 20.6. The van der Waals surface area contributed by atoms with Gasteiger partial charge in [-0.1, -0.05) is 48.5 Å². The molecule has 2 rings (SSSR count). The van der Waals surface area contributed by atoms with Crippen molar-refractivity contribution in [2.24, 2.45) is 11.7 Å². The van der Waals surface area contributed by atoms with Gasteiger partial charge in [0.25, 0.3) is 11.8 Å². The van der Waals surface area contributed by atoms with Gasteiger partial charge in [-0.2, -0.15) is 0 Å². The number of carbonyl (C=O) groups is 5. The fraction of sp³-hybridized carbons (Fsp3) is 0.346. The molecule has 0 aliphatic heterocycles. The van der Waals surface area contributed by atoms with Crippen LogP contribution in [0.4, 0.5) is 0 Å². The second-order valence-corrected chi connectivity index (χ2v) is 7.93. The van der Waals surface area contributed by atoms with Crippen LogP contribution in [0.3, 0.4) is 0 Å². The van der Waals surface area contributed by atoms with Crippen molar-refractivity contribution in [3.63, 3.8) is 0 Å². The first-order valence-corrected chi connectivity index (χ1v) is 11.7. The van der Waals surface area contributed by atoms with Crippen molar-refractivity contribution in [2.45, 2.75) is 38.5 Å². The van der Waals surface area contributed by atoms with Crippen molar-refractivity contribution in [3.05, 3.63) is 71.8 Å². The van der Waals surface area contributed by atoms with Gasteiger partial charge in [0.05, 0.1) is 31.6 Å². The number of amides is 3. The van der Waals surface area contributed by atoms with Crippen molar-refractivity contribution >= 4 is 29.7 Å². The fourth-order valence-corrected chi connectivity index (χ4v) is 3.57. The highest BCUT2D eigenvalue weighted by Crippen LogP contribution is 2.20. The molecule has 2 aromatic rings. The summed E-state index contributed by atoms with van der Waals surface area (Å²) in [6.45, 7) is 3.07. The molecule has 0 aliphatic carbocycles. The summed E-state index contributed by atoms with van der Waals surface area (Å²) in [4.78, 5) is 62.7. The van der Waals surface area contributed by atoms with Crippen LogP contribution in [-0.2, 0) is 28.7 Å². The first-order valence-electron chi connectivity index (χ1n) is 11.7. The summed E-state index contributed by atoms with van der Waals surface area (Å²) >= 11 is 0. The molecule has 4 atom stereocenters. The van der Waals surface area contributed by atoms with E-state index >= 15 is 0 Å². The summed E-state index contributed by atoms with van der Waals surface area (Å²) < 4.78 is 9.81. The Morgan fingerprint density at radius 3 is 1.97 bits per heavy atom. The summed E-state index contributed by atoms with van der Waals surface area (Å²) in [5, 5.41) is 15.8. The molecule has 37 heavy (non-hydrogen) atoms. The number of ether oxygens (including phenoxy) is 2. The Kier molecular flexibility index (Phi) is 11.2. The van der Waals surface area contributed by atoms with Crippen molar-refractivity contribution in [1.29, 1.82) is 0 Å². The summed E-state index contributed by atoms with van der Waals surface area (Å²) in [5.41, 5.74) is 6.14. The Hall–Kier alpha value is -4.25. The molecule has 0 radical (unpaired) electrons. The molecule has 0 aliphatic rings. The van der Waals surface area contributed by atoms with Gasteiger partial charge in [0, 0.05) is 5.56 Å². The van der Waals surface area contributed by atoms with Gasteiger partial charge in [0.2, 0.25) is 5.91 Å². The third kappa shape index (κ3) is 8.43. The molecule has 0 aromatic heterocycles. The van der Waals surface area contributed by atoms with Gasteiger partial charge in [0.1, 0.15) is 6.04 Å². The van der Waals surface area contributed by atoms with Crippen LogP contribution in [0.25, 0.3) is 0 Å². The Morgan fingerprint density at radius 1 is 0.865 bits per heavy atom. The highest BCUT2D eigenvalue weighted by molar-refractivity contribution is 5.96. The molecular weight excluding hydrogens is 482 g/mol. The lowest BCUT2D eigenvalue weighted by molar-refractivity contribution is -0.157. The number of aliphatic hydroxyl groups excluding tert-OH is 1. The summed E-state index contributed by atoms with van der Waals surface area (Å²) in [6, 6.07) is 13.5. The van der Waals surface area contributed by atoms with Crippen LogP contribution in [-0.4, -0.2) is 60.1 Å². The number of aliphatic hydroxyl groups is 1. The van der Waals surface area contributed by atoms with Crippen LogP contribution in [0.2, 0.25) is 0 Å². The van der Waals surface area contributed by atoms with E-state index in [1.165, 1.54) is 6.92 Å². The van der Waals surface area contributed by atoms with E-state index in [1.54, 1.807) is 67.6 Å². The predicted octanol–water partition coefficient (Wildman–Crippen LogP) is 0.621. The van der Waals surface area contributed by atoms with Crippen LogP contribution in [0.5, 0.6) is 0 Å². The van der Waals surface area contributed by atoms with Crippen LogP contribution in [0, 0.1) is 5.92 Å². The van der Waals surface area contributed by atoms with Crippen LogP contribution in [0.15, 0.2) is 60.7 Å². The number of esters is 2. The summed E-state index contributed by atoms with van der Waals surface area (Å²) in [5.74, 6) is -6.05. The van der Waals surface area contributed by atoms with Gasteiger partial charge >= 0.3 is 11.9 Å². The van der Waals surface area contributed by atoms with Crippen LogP contribution in [0.1, 0.15) is 42.2 Å². The van der Waals surface area contributed by atoms with Crippen LogP contribution >= 0.6 is 0 Å². The number of primary amides is 1. The minimum Gasteiger partial charge on any atom is -0.466 e. The summed E-state index contributed by atoms with van der Waals surface area (Å²) in [7, 11) is 0. The normalized spacial score (nSPS) is 13.8. The van der Waals surface area contributed by atoms with Gasteiger partial charge in [0.15, 0.2) is 6.10 Å². The summed E-state index contributed by atoms with van der Waals surface area (Å²) in [6.07, 6.45) is -2.49. The number of benzene rings is 2. The molecule has 2 aromatic carbocycles. The maximum absolute atomic E-state index is 13.1. The van der Waals surface area contributed by atoms with E-state index in [0.717, 1.165) is 0 Å². The third-order valence-electron chi connectivity index (χ3n) is 5.35. The maximum Gasteiger partial charge on any atom is 0.312 e. The predicted molar refractivity (Wildman–Crippen MR) is 132 cm³/mol. The van der Waals surface area contributed by atoms with E-state index in [9.17, 15) is 29.1 Å². The molecule has 0 bridgehead atoms. The molecule has 0 fully saturated rings. The standard InChI is InChI=1S/C26H31N3O8/c1-3-36-19(30)15-18(26(35)37-4-2)21(23(27)32)29-25(34)22(31)20(16-11-7-5-8-12-16)28-24(33)17-13-9-6-10-14-17/h5-14,18,20-22,31H,3-4,15H2,1-2H3,(H2,27,32)(H,28,33)(H,29,34)/t18-,20+,21+,22-/m1/s1. The average Bonchev–Trinajstić information content (AvgIpc) is 2.89. The van der Waals surface area contributed by atoms with Gasteiger partial charge < -0.3 is 30.9 Å². The van der Waals surface area contributed by atoms with E-state index in [4.69, 9.17) is 15.2 Å². The Morgan fingerprint density at radius 2 is 1.43 bits per heavy atom. The SMILES string of the molecule is CCOC(=O)C[C@@H](C(=O)OCC)[C@H](NC(=O)[C@H](O)[C@@H](NC(=O)c1ccccc1)c1ccccc1)C(N)=O. The minimum atomic E-state index is -1.90. The molecule has 11 heteroatoms. The second-order valence-electron chi connectivity index (χ2n) is 7.93. The van der Waals surface area contributed by atoms with Gasteiger partial charge in [-0.25, -0.2) is 0 Å². The number of nitrogens with two attached hydrogens (primary N) is 1. The number of hydrogen-bond donors (Lipinski definition) is 4. The molecule has 5 N–H and O–H groups in total. The molecule has 3 amide bonds. The van der Waals surface area contributed by atoms with Crippen molar-refractivity contribution < 1.29 is 38.6 Å². The molecule has 0 unspecified atom stereocenters. The zero-order valence-electron chi connectivity index (χ0n) is 20.6. The molecule has 0 spiro atoms. The quantitative estimate of drug-likeness (QED) is 0.282. The molecule has 11 nitrogen and oxygen atoms in total. The van der Waals surface area contributed by atoms with Crippen molar-refractivity contribution in [1.82, 2.24) is 10.6 Å². The minimum absolute atomic E-state index is 0.0283. The Bertz CT molecular complexity index is 1080. The lowest BCUT2D eigenvalue weighted by Crippen LogP contribution is -2.56. The monoisotopic (exact) mass is 513 g/mol. The zero-order chi connectivity index (χ0) is 27.4. The molecular formula is C26H31N3O8. The largest absolute Gasteiger partial charge is 0.466 e. The van der Waals surface area contributed by atoms with E-state index < -0.39 is 60.2 Å². The molecule has 0 heterocycles. The smallest absolute Gasteiger partial charge is 0.312 e. The van der Waals surface area contributed by atoms with E-state index in [-0.39, 0.29) is 13.2 Å². The van der Waals surface area contributed by atoms with Gasteiger partial charge in [-0.05, 0) is 31.5 Å². The fourth-order valence-electron chi connectivity index (χ4n) is 3.57. The first kappa shape index (κ1) is 29.0. The molecule has 198 valence electrons. The number of nitrogens with one attached hydrogen (secondary N) is 2. The lowest BCUT2D eigenvalue weighted by atomic mass is 9.94. The van der Waals surface area contributed by atoms with E-state index in [0.29, 0.717) is 11.1 Å². The van der Waals surface area contributed by atoms with Crippen LogP contribution < -0.4 is 16.4 Å². The number of hydrogen-bond acceptors (Lipinski definition) is 8. The van der Waals surface area contributed by atoms with E-state index in [1.807, 2.05) is 0 Å².